The van der Waals surface area contributed by atoms with E-state index in [0.29, 0.717) is 6.04 Å². The zero-order valence-electron chi connectivity index (χ0n) is 13.6. The molecule has 3 rings (SSSR count). The van der Waals surface area contributed by atoms with Gasteiger partial charge in [0.25, 0.3) is 0 Å². The molecule has 0 bridgehead atoms. The molecule has 0 unspecified atom stereocenters. The van der Waals surface area contributed by atoms with Gasteiger partial charge in [0.2, 0.25) is 5.95 Å². The van der Waals surface area contributed by atoms with Crippen LogP contribution in [0.15, 0.2) is 6.20 Å². The number of likely N-dealkylation sites (tertiary alicyclic amines) is 1. The first-order valence-electron chi connectivity index (χ1n) is 8.70. The third-order valence-electron chi connectivity index (χ3n) is 5.21. The molecule has 118 valence electrons. The number of hydrogen-bond donors (Lipinski definition) is 1. The van der Waals surface area contributed by atoms with Crippen LogP contribution in [0.2, 0.25) is 0 Å². The summed E-state index contributed by atoms with van der Waals surface area (Å²) < 4.78 is 2.42. The minimum Gasteiger partial charge on any atom is -0.355 e. The first kappa shape index (κ1) is 14.9. The van der Waals surface area contributed by atoms with Gasteiger partial charge in [-0.1, -0.05) is 19.3 Å². The van der Waals surface area contributed by atoms with Crippen molar-refractivity contribution in [3.8, 4) is 0 Å². The van der Waals surface area contributed by atoms with Crippen LogP contribution >= 0.6 is 0 Å². The first-order valence-corrected chi connectivity index (χ1v) is 8.70. The summed E-state index contributed by atoms with van der Waals surface area (Å²) in [6.07, 6.45) is 11.7. The minimum absolute atomic E-state index is 0.667. The normalized spacial score (nSPS) is 22.6. The summed E-state index contributed by atoms with van der Waals surface area (Å²) in [7, 11) is 2.22. The van der Waals surface area contributed by atoms with E-state index in [4.69, 9.17) is 4.98 Å². The lowest BCUT2D eigenvalue weighted by atomic mass is 9.95. The van der Waals surface area contributed by atoms with Gasteiger partial charge in [-0.3, -0.25) is 0 Å². The Morgan fingerprint density at radius 1 is 1.14 bits per heavy atom. The number of aromatic nitrogens is 2. The smallest absolute Gasteiger partial charge is 0.203 e. The molecule has 0 amide bonds. The van der Waals surface area contributed by atoms with Crippen molar-refractivity contribution in [2.45, 2.75) is 57.9 Å². The fraction of sp³-hybridized carbons (Fsp3) is 0.824. The van der Waals surface area contributed by atoms with Gasteiger partial charge in [0.1, 0.15) is 0 Å². The lowest BCUT2D eigenvalue weighted by Gasteiger charge is -2.29. The Bertz CT molecular complexity index is 440. The third kappa shape index (κ3) is 3.79. The molecule has 2 heterocycles. The first-order chi connectivity index (χ1) is 10.2. The van der Waals surface area contributed by atoms with Crippen LogP contribution in [-0.4, -0.2) is 41.1 Å². The molecule has 0 radical (unpaired) electrons. The summed E-state index contributed by atoms with van der Waals surface area (Å²) in [5, 5.41) is 3.65. The lowest BCUT2D eigenvalue weighted by molar-refractivity contribution is 0.226. The van der Waals surface area contributed by atoms with E-state index in [9.17, 15) is 0 Å². The Labute approximate surface area is 128 Å². The molecule has 0 atom stereocenters. The van der Waals surface area contributed by atoms with Crippen molar-refractivity contribution in [2.75, 3.05) is 32.0 Å². The number of aryl methyl sites for hydroxylation is 1. The van der Waals surface area contributed by atoms with E-state index in [1.54, 1.807) is 0 Å². The number of hydrogen-bond acceptors (Lipinski definition) is 3. The Balaban J connectivity index is 1.59. The highest BCUT2D eigenvalue weighted by molar-refractivity contribution is 5.30. The Kier molecular flexibility index (Phi) is 4.84. The number of piperidine rings is 1. The number of rotatable bonds is 4. The summed E-state index contributed by atoms with van der Waals surface area (Å²) in [5.41, 5.74) is 1.14. The van der Waals surface area contributed by atoms with E-state index in [0.717, 1.165) is 24.1 Å². The molecule has 21 heavy (non-hydrogen) atoms. The van der Waals surface area contributed by atoms with Crippen LogP contribution in [0.4, 0.5) is 5.95 Å². The predicted octanol–water partition coefficient (Wildman–Crippen LogP) is 3.45. The summed E-state index contributed by atoms with van der Waals surface area (Å²) >= 11 is 0. The Morgan fingerprint density at radius 2 is 1.86 bits per heavy atom. The molecule has 0 aromatic carbocycles. The maximum absolute atomic E-state index is 4.73. The number of nitrogens with one attached hydrogen (secondary N) is 1. The fourth-order valence-electron chi connectivity index (χ4n) is 3.79. The van der Waals surface area contributed by atoms with Crippen molar-refractivity contribution in [3.63, 3.8) is 0 Å². The maximum atomic E-state index is 4.73. The van der Waals surface area contributed by atoms with Gasteiger partial charge in [-0.05, 0) is 58.7 Å². The van der Waals surface area contributed by atoms with E-state index in [1.807, 2.05) is 0 Å². The van der Waals surface area contributed by atoms with Crippen LogP contribution in [0.25, 0.3) is 0 Å². The summed E-state index contributed by atoms with van der Waals surface area (Å²) in [6.45, 7) is 5.67. The van der Waals surface area contributed by atoms with Crippen molar-refractivity contribution < 1.29 is 0 Å². The molecule has 4 nitrogen and oxygen atoms in total. The van der Waals surface area contributed by atoms with Crippen LogP contribution in [-0.2, 0) is 0 Å². The third-order valence-corrected chi connectivity index (χ3v) is 5.21. The molecule has 1 saturated carbocycles. The molecule has 4 heteroatoms. The van der Waals surface area contributed by atoms with E-state index in [2.05, 4.69) is 35.0 Å². The fourth-order valence-corrected chi connectivity index (χ4v) is 3.79. The van der Waals surface area contributed by atoms with Crippen LogP contribution in [0.5, 0.6) is 0 Å². The molecule has 1 aliphatic carbocycles. The Hall–Kier alpha value is -1.03. The van der Waals surface area contributed by atoms with Gasteiger partial charge in [0.15, 0.2) is 0 Å². The monoisotopic (exact) mass is 290 g/mol. The van der Waals surface area contributed by atoms with Crippen LogP contribution in [0.1, 0.15) is 56.7 Å². The highest BCUT2D eigenvalue weighted by Gasteiger charge is 2.20. The minimum atomic E-state index is 0.667. The molecule has 1 aromatic heterocycles. The highest BCUT2D eigenvalue weighted by atomic mass is 15.2. The van der Waals surface area contributed by atoms with E-state index < -0.39 is 0 Å². The molecule has 1 N–H and O–H groups in total. The molecule has 1 aliphatic heterocycles. The standard InChI is InChI=1S/C17H30N4/c1-14-13-21(16-6-4-3-5-7-16)17(19-14)18-12-15-8-10-20(2)11-9-15/h13,15-16H,3-12H2,1-2H3,(H,18,19). The van der Waals surface area contributed by atoms with Crippen LogP contribution < -0.4 is 5.32 Å². The molecule has 1 aromatic rings. The van der Waals surface area contributed by atoms with E-state index >= 15 is 0 Å². The molecular weight excluding hydrogens is 260 g/mol. The van der Waals surface area contributed by atoms with Crippen molar-refractivity contribution in [1.82, 2.24) is 14.5 Å². The van der Waals surface area contributed by atoms with Crippen molar-refractivity contribution in [1.29, 1.82) is 0 Å². The topological polar surface area (TPSA) is 33.1 Å². The predicted molar refractivity (Wildman–Crippen MR) is 87.8 cm³/mol. The van der Waals surface area contributed by atoms with Gasteiger partial charge in [0, 0.05) is 18.8 Å². The summed E-state index contributed by atoms with van der Waals surface area (Å²) in [6, 6.07) is 0.667. The number of imidazole rings is 1. The average molecular weight is 290 g/mol. The summed E-state index contributed by atoms with van der Waals surface area (Å²) in [5.74, 6) is 1.91. The van der Waals surface area contributed by atoms with E-state index in [1.165, 1.54) is 58.0 Å². The molecule has 2 fully saturated rings. The molecular formula is C17H30N4. The van der Waals surface area contributed by atoms with Crippen molar-refractivity contribution in [3.05, 3.63) is 11.9 Å². The Morgan fingerprint density at radius 3 is 2.57 bits per heavy atom. The molecule has 1 saturated heterocycles. The summed E-state index contributed by atoms with van der Waals surface area (Å²) in [4.78, 5) is 7.16. The highest BCUT2D eigenvalue weighted by Crippen LogP contribution is 2.31. The van der Waals surface area contributed by atoms with E-state index in [-0.39, 0.29) is 0 Å². The average Bonchev–Trinajstić information content (AvgIpc) is 2.89. The van der Waals surface area contributed by atoms with Gasteiger partial charge >= 0.3 is 0 Å². The van der Waals surface area contributed by atoms with Gasteiger partial charge in [-0.2, -0.15) is 0 Å². The number of anilines is 1. The van der Waals surface area contributed by atoms with Crippen LogP contribution in [0, 0.1) is 12.8 Å². The van der Waals surface area contributed by atoms with Crippen LogP contribution in [0.3, 0.4) is 0 Å². The SMILES string of the molecule is Cc1cn(C2CCCCC2)c(NCC2CCN(C)CC2)n1. The zero-order valence-corrected chi connectivity index (χ0v) is 13.6. The van der Waals surface area contributed by atoms with Gasteiger partial charge < -0.3 is 14.8 Å². The second-order valence-electron chi connectivity index (χ2n) is 7.03. The quantitative estimate of drug-likeness (QED) is 0.922. The second-order valence-corrected chi connectivity index (χ2v) is 7.03. The van der Waals surface area contributed by atoms with Gasteiger partial charge in [-0.25, -0.2) is 4.98 Å². The van der Waals surface area contributed by atoms with Crippen molar-refractivity contribution >= 4 is 5.95 Å². The van der Waals surface area contributed by atoms with Gasteiger partial charge in [0.05, 0.1) is 5.69 Å². The molecule has 0 spiro atoms. The second kappa shape index (κ2) is 6.82. The lowest BCUT2D eigenvalue weighted by Crippen LogP contribution is -2.33. The van der Waals surface area contributed by atoms with Crippen molar-refractivity contribution in [2.24, 2.45) is 5.92 Å². The van der Waals surface area contributed by atoms with Gasteiger partial charge in [-0.15, -0.1) is 0 Å². The molecule has 2 aliphatic rings. The zero-order chi connectivity index (χ0) is 14.7. The largest absolute Gasteiger partial charge is 0.355 e. The number of nitrogens with zero attached hydrogens (tertiary/aromatic N) is 3. The maximum Gasteiger partial charge on any atom is 0.203 e.